The van der Waals surface area contributed by atoms with Crippen LogP contribution in [0.3, 0.4) is 0 Å². The van der Waals surface area contributed by atoms with Gasteiger partial charge < -0.3 is 15.4 Å². The highest BCUT2D eigenvalue weighted by molar-refractivity contribution is 5.50. The second-order valence-corrected chi connectivity index (χ2v) is 4.72. The summed E-state index contributed by atoms with van der Waals surface area (Å²) in [7, 11) is 0. The van der Waals surface area contributed by atoms with Crippen molar-refractivity contribution in [2.24, 2.45) is 5.73 Å². The number of piperidine rings is 1. The van der Waals surface area contributed by atoms with Crippen molar-refractivity contribution >= 4 is 5.69 Å². The smallest absolute Gasteiger partial charge is 0.121 e. The van der Waals surface area contributed by atoms with Crippen LogP contribution in [0.4, 0.5) is 5.69 Å². The molecule has 1 unspecified atom stereocenters. The van der Waals surface area contributed by atoms with E-state index in [1.165, 1.54) is 0 Å². The molecule has 1 fully saturated rings. The predicted octanol–water partition coefficient (Wildman–Crippen LogP) is 1.91. The molecule has 1 aromatic carbocycles. The number of hydrogen-bond donors (Lipinski definition) is 1. The van der Waals surface area contributed by atoms with Crippen molar-refractivity contribution in [2.75, 3.05) is 24.6 Å². The van der Waals surface area contributed by atoms with Crippen LogP contribution in [0.15, 0.2) is 24.3 Å². The molecule has 0 spiro atoms. The summed E-state index contributed by atoms with van der Waals surface area (Å²) in [5.74, 6) is 0.873. The fourth-order valence-electron chi connectivity index (χ4n) is 2.32. The molecule has 0 amide bonds. The van der Waals surface area contributed by atoms with Gasteiger partial charge in [-0.3, -0.25) is 0 Å². The Morgan fingerprint density at radius 3 is 2.78 bits per heavy atom. The molecule has 0 aromatic heterocycles. The van der Waals surface area contributed by atoms with Crippen LogP contribution in [-0.4, -0.2) is 25.2 Å². The highest BCUT2D eigenvalue weighted by Gasteiger charge is 2.31. The lowest BCUT2D eigenvalue weighted by molar-refractivity contribution is 0.340. The van der Waals surface area contributed by atoms with Crippen molar-refractivity contribution in [1.82, 2.24) is 0 Å². The highest BCUT2D eigenvalue weighted by Crippen LogP contribution is 2.25. The molecule has 1 atom stereocenters. The molecule has 4 nitrogen and oxygen atoms in total. The van der Waals surface area contributed by atoms with Crippen LogP contribution in [0.25, 0.3) is 0 Å². The molecule has 96 valence electrons. The Morgan fingerprint density at radius 2 is 2.17 bits per heavy atom. The van der Waals surface area contributed by atoms with E-state index in [2.05, 4.69) is 11.0 Å². The van der Waals surface area contributed by atoms with Crippen molar-refractivity contribution in [2.45, 2.75) is 25.3 Å². The molecule has 0 saturated carbocycles. The molecule has 18 heavy (non-hydrogen) atoms. The lowest BCUT2D eigenvalue weighted by Gasteiger charge is -2.37. The summed E-state index contributed by atoms with van der Waals surface area (Å²) < 4.78 is 5.41. The molecule has 4 heteroatoms. The molecule has 1 aliphatic heterocycles. The Balaban J connectivity index is 2.09. The molecule has 2 N–H and O–H groups in total. The van der Waals surface area contributed by atoms with Gasteiger partial charge in [-0.2, -0.15) is 5.26 Å². The van der Waals surface area contributed by atoms with Gasteiger partial charge in [0.05, 0.1) is 12.7 Å². The molecule has 0 bridgehead atoms. The van der Waals surface area contributed by atoms with E-state index in [-0.39, 0.29) is 0 Å². The molecule has 1 heterocycles. The van der Waals surface area contributed by atoms with Crippen LogP contribution in [0.1, 0.15) is 19.8 Å². The molecule has 1 aromatic rings. The van der Waals surface area contributed by atoms with Gasteiger partial charge in [-0.1, -0.05) is 0 Å². The zero-order chi connectivity index (χ0) is 13.0. The van der Waals surface area contributed by atoms with Gasteiger partial charge in [0.25, 0.3) is 0 Å². The van der Waals surface area contributed by atoms with E-state index in [4.69, 9.17) is 15.7 Å². The summed E-state index contributed by atoms with van der Waals surface area (Å²) in [5, 5.41) is 9.11. The van der Waals surface area contributed by atoms with Crippen molar-refractivity contribution in [3.8, 4) is 11.8 Å². The maximum absolute atomic E-state index is 9.11. The fourth-order valence-corrected chi connectivity index (χ4v) is 2.32. The SMILES string of the molecule is CCOc1ccc(N2CCCC(N)(C#N)C2)cc1. The number of nitrogens with zero attached hydrogens (tertiary/aromatic N) is 2. The molecule has 1 saturated heterocycles. The normalized spacial score (nSPS) is 23.5. The monoisotopic (exact) mass is 245 g/mol. The van der Waals surface area contributed by atoms with Gasteiger partial charge in [0.2, 0.25) is 0 Å². The lowest BCUT2D eigenvalue weighted by atomic mass is 9.91. The second-order valence-electron chi connectivity index (χ2n) is 4.72. The zero-order valence-electron chi connectivity index (χ0n) is 10.7. The Labute approximate surface area is 108 Å². The van der Waals surface area contributed by atoms with Gasteiger partial charge in [-0.25, -0.2) is 0 Å². The largest absolute Gasteiger partial charge is 0.494 e. The van der Waals surface area contributed by atoms with Gasteiger partial charge in [0.1, 0.15) is 11.3 Å². The number of nitrogens with two attached hydrogens (primary N) is 1. The molecule has 2 rings (SSSR count). The molecular weight excluding hydrogens is 226 g/mol. The van der Waals surface area contributed by atoms with Gasteiger partial charge in [0.15, 0.2) is 0 Å². The molecular formula is C14H19N3O. The first-order chi connectivity index (χ1) is 8.67. The van der Waals surface area contributed by atoms with Crippen LogP contribution in [0.2, 0.25) is 0 Å². The number of anilines is 1. The van der Waals surface area contributed by atoms with Gasteiger partial charge in [-0.05, 0) is 44.0 Å². The summed E-state index contributed by atoms with van der Waals surface area (Å²) in [5.41, 5.74) is 6.42. The zero-order valence-corrected chi connectivity index (χ0v) is 10.7. The van der Waals surface area contributed by atoms with E-state index in [1.807, 2.05) is 31.2 Å². The number of rotatable bonds is 3. The number of benzene rings is 1. The van der Waals surface area contributed by atoms with E-state index in [0.717, 1.165) is 30.8 Å². The van der Waals surface area contributed by atoms with Gasteiger partial charge >= 0.3 is 0 Å². The first-order valence-corrected chi connectivity index (χ1v) is 6.35. The third kappa shape index (κ3) is 2.74. The fraction of sp³-hybridized carbons (Fsp3) is 0.500. The Kier molecular flexibility index (Phi) is 3.73. The third-order valence-electron chi connectivity index (χ3n) is 3.26. The standard InChI is InChI=1S/C14H19N3O/c1-2-18-13-6-4-12(5-7-13)17-9-3-8-14(16,10-15)11-17/h4-7H,2-3,8-9,11,16H2,1H3. The van der Waals surface area contributed by atoms with Crippen LogP contribution in [-0.2, 0) is 0 Å². The van der Waals surface area contributed by atoms with Crippen molar-refractivity contribution in [1.29, 1.82) is 5.26 Å². The highest BCUT2D eigenvalue weighted by atomic mass is 16.5. The van der Waals surface area contributed by atoms with Crippen molar-refractivity contribution in [3.63, 3.8) is 0 Å². The van der Waals surface area contributed by atoms with Crippen molar-refractivity contribution in [3.05, 3.63) is 24.3 Å². The first kappa shape index (κ1) is 12.7. The summed E-state index contributed by atoms with van der Waals surface area (Å²) in [6.45, 7) is 4.18. The van der Waals surface area contributed by atoms with Crippen LogP contribution >= 0.6 is 0 Å². The quantitative estimate of drug-likeness (QED) is 0.883. The summed E-state index contributed by atoms with van der Waals surface area (Å²) in [6, 6.07) is 10.2. The minimum absolute atomic E-state index is 0.595. The number of nitriles is 1. The predicted molar refractivity (Wildman–Crippen MR) is 71.6 cm³/mol. The average Bonchev–Trinajstić information content (AvgIpc) is 2.40. The maximum atomic E-state index is 9.11. The van der Waals surface area contributed by atoms with E-state index in [1.54, 1.807) is 0 Å². The number of hydrogen-bond acceptors (Lipinski definition) is 4. The van der Waals surface area contributed by atoms with Crippen LogP contribution < -0.4 is 15.4 Å². The summed E-state index contributed by atoms with van der Waals surface area (Å²) >= 11 is 0. The van der Waals surface area contributed by atoms with E-state index in [9.17, 15) is 0 Å². The first-order valence-electron chi connectivity index (χ1n) is 6.35. The van der Waals surface area contributed by atoms with E-state index >= 15 is 0 Å². The molecule has 1 aliphatic rings. The third-order valence-corrected chi connectivity index (χ3v) is 3.26. The maximum Gasteiger partial charge on any atom is 0.121 e. The second kappa shape index (κ2) is 5.28. The summed E-state index contributed by atoms with van der Waals surface area (Å²) in [6.07, 6.45) is 1.73. The Bertz CT molecular complexity index is 437. The van der Waals surface area contributed by atoms with Crippen LogP contribution in [0, 0.1) is 11.3 Å². The lowest BCUT2D eigenvalue weighted by Crippen LogP contribution is -2.53. The Morgan fingerprint density at radius 1 is 1.44 bits per heavy atom. The topological polar surface area (TPSA) is 62.3 Å². The van der Waals surface area contributed by atoms with Gasteiger partial charge in [-0.15, -0.1) is 0 Å². The van der Waals surface area contributed by atoms with Gasteiger partial charge in [0, 0.05) is 18.8 Å². The molecule has 0 aliphatic carbocycles. The summed E-state index contributed by atoms with van der Waals surface area (Å²) in [4.78, 5) is 2.17. The minimum Gasteiger partial charge on any atom is -0.494 e. The number of ether oxygens (including phenoxy) is 1. The average molecular weight is 245 g/mol. The molecule has 0 radical (unpaired) electrons. The van der Waals surface area contributed by atoms with E-state index < -0.39 is 5.54 Å². The van der Waals surface area contributed by atoms with E-state index in [0.29, 0.717) is 13.2 Å². The van der Waals surface area contributed by atoms with Crippen molar-refractivity contribution < 1.29 is 4.74 Å². The minimum atomic E-state index is -0.711. The Hall–Kier alpha value is -1.73. The van der Waals surface area contributed by atoms with Crippen LogP contribution in [0.5, 0.6) is 5.75 Å².